The Balaban J connectivity index is 1.69. The quantitative estimate of drug-likeness (QED) is 0.797. The second-order valence-electron chi connectivity index (χ2n) is 7.64. The van der Waals surface area contributed by atoms with Gasteiger partial charge in [0.1, 0.15) is 0 Å². The molecule has 4 fully saturated rings. The topological polar surface area (TPSA) is 29.5 Å². The van der Waals surface area contributed by atoms with Crippen molar-refractivity contribution in [2.75, 3.05) is 13.2 Å². The van der Waals surface area contributed by atoms with Gasteiger partial charge >= 0.3 is 0 Å². The summed E-state index contributed by atoms with van der Waals surface area (Å²) in [6, 6.07) is 8.70. The van der Waals surface area contributed by atoms with Crippen molar-refractivity contribution < 1.29 is 9.53 Å². The molecule has 5 rings (SSSR count). The number of carbonyl (C=O) groups is 1. The SMILES string of the molecule is Cc1ccc(C23OCCCN2C(=O)C2C4CCC(C4)C23)cc1. The molecule has 1 amide bonds. The van der Waals surface area contributed by atoms with Gasteiger partial charge in [-0.1, -0.05) is 29.8 Å². The van der Waals surface area contributed by atoms with Gasteiger partial charge in [0.15, 0.2) is 5.72 Å². The van der Waals surface area contributed by atoms with E-state index in [2.05, 4.69) is 36.1 Å². The van der Waals surface area contributed by atoms with Crippen LogP contribution >= 0.6 is 0 Å². The van der Waals surface area contributed by atoms with Gasteiger partial charge in [-0.25, -0.2) is 0 Å². The second kappa shape index (κ2) is 4.35. The van der Waals surface area contributed by atoms with Crippen molar-refractivity contribution >= 4 is 5.91 Å². The van der Waals surface area contributed by atoms with Crippen molar-refractivity contribution in [3.05, 3.63) is 35.4 Å². The van der Waals surface area contributed by atoms with Gasteiger partial charge in [0.05, 0.1) is 6.61 Å². The molecule has 2 aliphatic heterocycles. The van der Waals surface area contributed by atoms with E-state index in [0.717, 1.165) is 19.6 Å². The predicted octanol–water partition coefficient (Wildman–Crippen LogP) is 3.07. The van der Waals surface area contributed by atoms with Crippen molar-refractivity contribution in [3.8, 4) is 0 Å². The fourth-order valence-corrected chi connectivity index (χ4v) is 5.86. The van der Waals surface area contributed by atoms with Gasteiger partial charge in [0.2, 0.25) is 5.91 Å². The highest BCUT2D eigenvalue weighted by Gasteiger charge is 2.69. The molecule has 2 aliphatic carbocycles. The highest BCUT2D eigenvalue weighted by molar-refractivity contribution is 5.84. The number of fused-ring (bicyclic) bond motifs is 7. The summed E-state index contributed by atoms with van der Waals surface area (Å²) in [5.74, 6) is 2.25. The molecule has 3 heteroatoms. The Labute approximate surface area is 131 Å². The molecule has 1 aromatic rings. The van der Waals surface area contributed by atoms with E-state index in [-0.39, 0.29) is 5.92 Å². The first-order valence-electron chi connectivity index (χ1n) is 8.74. The normalized spacial score (nSPS) is 42.6. The minimum atomic E-state index is -0.465. The summed E-state index contributed by atoms with van der Waals surface area (Å²) >= 11 is 0. The van der Waals surface area contributed by atoms with Gasteiger partial charge in [0, 0.05) is 23.9 Å². The van der Waals surface area contributed by atoms with Crippen LogP contribution in [0.15, 0.2) is 24.3 Å². The van der Waals surface area contributed by atoms with Gasteiger partial charge in [-0.3, -0.25) is 4.79 Å². The summed E-state index contributed by atoms with van der Waals surface area (Å²) in [7, 11) is 0. The lowest BCUT2D eigenvalue weighted by atomic mass is 9.74. The number of benzene rings is 1. The maximum Gasteiger partial charge on any atom is 0.228 e. The summed E-state index contributed by atoms with van der Waals surface area (Å²) in [4.78, 5) is 15.2. The third-order valence-electron chi connectivity index (χ3n) is 6.63. The van der Waals surface area contributed by atoms with Crippen LogP contribution in [0.1, 0.15) is 36.8 Å². The molecule has 2 saturated heterocycles. The molecule has 4 aliphatic rings. The molecular formula is C19H23NO2. The van der Waals surface area contributed by atoms with E-state index in [0.29, 0.717) is 23.7 Å². The molecule has 2 bridgehead atoms. The number of ether oxygens (including phenoxy) is 1. The third-order valence-corrected chi connectivity index (χ3v) is 6.63. The Morgan fingerprint density at radius 3 is 2.77 bits per heavy atom. The van der Waals surface area contributed by atoms with Crippen LogP contribution in [0.25, 0.3) is 0 Å². The Bertz CT molecular complexity index is 625. The van der Waals surface area contributed by atoms with Crippen LogP contribution in [-0.4, -0.2) is 24.0 Å². The molecule has 5 atom stereocenters. The standard InChI is InChI=1S/C19H23NO2/c1-12-3-7-15(8-4-12)19-17-14-6-5-13(11-14)16(17)18(21)20(19)9-2-10-22-19/h3-4,7-8,13-14,16-17H,2,5-6,9-11H2,1H3. The van der Waals surface area contributed by atoms with Gasteiger partial charge in [-0.15, -0.1) is 0 Å². The average Bonchev–Trinajstić information content (AvgIpc) is 3.21. The van der Waals surface area contributed by atoms with Crippen LogP contribution < -0.4 is 0 Å². The lowest BCUT2D eigenvalue weighted by Gasteiger charge is -2.47. The molecule has 0 aromatic heterocycles. The zero-order chi connectivity index (χ0) is 14.9. The summed E-state index contributed by atoms with van der Waals surface area (Å²) in [6.45, 7) is 3.75. The summed E-state index contributed by atoms with van der Waals surface area (Å²) < 4.78 is 6.46. The van der Waals surface area contributed by atoms with Crippen molar-refractivity contribution in [2.24, 2.45) is 23.7 Å². The zero-order valence-electron chi connectivity index (χ0n) is 13.1. The minimum absolute atomic E-state index is 0.221. The maximum atomic E-state index is 13.1. The fourth-order valence-electron chi connectivity index (χ4n) is 5.86. The van der Waals surface area contributed by atoms with E-state index in [1.807, 2.05) is 0 Å². The maximum absolute atomic E-state index is 13.1. The number of carbonyl (C=O) groups excluding carboxylic acids is 1. The van der Waals surface area contributed by atoms with E-state index in [9.17, 15) is 4.79 Å². The van der Waals surface area contributed by atoms with Crippen LogP contribution in [0.3, 0.4) is 0 Å². The van der Waals surface area contributed by atoms with Gasteiger partial charge in [-0.2, -0.15) is 0 Å². The lowest BCUT2D eigenvalue weighted by Crippen LogP contribution is -2.53. The van der Waals surface area contributed by atoms with Crippen LogP contribution in [-0.2, 0) is 15.3 Å². The summed E-state index contributed by atoms with van der Waals surface area (Å²) in [5.41, 5.74) is 2.00. The summed E-state index contributed by atoms with van der Waals surface area (Å²) in [6.07, 6.45) is 4.74. The zero-order valence-corrected chi connectivity index (χ0v) is 13.1. The van der Waals surface area contributed by atoms with E-state index >= 15 is 0 Å². The highest BCUT2D eigenvalue weighted by Crippen LogP contribution is 2.64. The number of rotatable bonds is 1. The molecule has 0 radical (unpaired) electrons. The molecule has 0 spiro atoms. The van der Waals surface area contributed by atoms with E-state index in [1.165, 1.54) is 30.4 Å². The van der Waals surface area contributed by atoms with Crippen LogP contribution in [0.2, 0.25) is 0 Å². The monoisotopic (exact) mass is 297 g/mol. The van der Waals surface area contributed by atoms with Gasteiger partial charge in [-0.05, 0) is 44.4 Å². The first kappa shape index (κ1) is 13.1. The summed E-state index contributed by atoms with van der Waals surface area (Å²) in [5, 5.41) is 0. The number of hydrogen-bond donors (Lipinski definition) is 0. The molecule has 22 heavy (non-hydrogen) atoms. The number of hydrogen-bond acceptors (Lipinski definition) is 2. The Morgan fingerprint density at radius 1 is 1.18 bits per heavy atom. The Morgan fingerprint density at radius 2 is 1.95 bits per heavy atom. The van der Waals surface area contributed by atoms with E-state index in [4.69, 9.17) is 4.74 Å². The third kappa shape index (κ3) is 1.43. The highest BCUT2D eigenvalue weighted by atomic mass is 16.5. The van der Waals surface area contributed by atoms with Crippen molar-refractivity contribution in [1.29, 1.82) is 0 Å². The van der Waals surface area contributed by atoms with Crippen molar-refractivity contribution in [3.63, 3.8) is 0 Å². The van der Waals surface area contributed by atoms with Crippen molar-refractivity contribution in [2.45, 2.75) is 38.3 Å². The number of nitrogens with zero attached hydrogens (tertiary/aromatic N) is 1. The first-order chi connectivity index (χ1) is 10.7. The average molecular weight is 297 g/mol. The first-order valence-corrected chi connectivity index (χ1v) is 8.74. The Hall–Kier alpha value is -1.35. The van der Waals surface area contributed by atoms with Gasteiger partial charge in [0.25, 0.3) is 0 Å². The molecule has 2 saturated carbocycles. The molecule has 1 aromatic carbocycles. The van der Waals surface area contributed by atoms with Crippen molar-refractivity contribution in [1.82, 2.24) is 4.90 Å². The Kier molecular flexibility index (Phi) is 2.59. The number of aryl methyl sites for hydroxylation is 1. The smallest absolute Gasteiger partial charge is 0.228 e. The molecule has 5 unspecified atom stereocenters. The largest absolute Gasteiger partial charge is 0.351 e. The molecule has 0 N–H and O–H groups in total. The molecule has 3 nitrogen and oxygen atoms in total. The molecular weight excluding hydrogens is 274 g/mol. The second-order valence-corrected chi connectivity index (χ2v) is 7.64. The van der Waals surface area contributed by atoms with Crippen LogP contribution in [0, 0.1) is 30.6 Å². The minimum Gasteiger partial charge on any atom is -0.351 e. The number of amides is 1. The van der Waals surface area contributed by atoms with Crippen LogP contribution in [0.5, 0.6) is 0 Å². The lowest BCUT2D eigenvalue weighted by molar-refractivity contribution is -0.206. The van der Waals surface area contributed by atoms with Gasteiger partial charge < -0.3 is 9.64 Å². The molecule has 116 valence electrons. The van der Waals surface area contributed by atoms with E-state index < -0.39 is 5.72 Å². The van der Waals surface area contributed by atoms with E-state index in [1.54, 1.807) is 0 Å². The van der Waals surface area contributed by atoms with Crippen LogP contribution in [0.4, 0.5) is 0 Å². The molecule has 2 heterocycles. The fraction of sp³-hybridized carbons (Fsp3) is 0.632. The predicted molar refractivity (Wildman–Crippen MR) is 83.0 cm³/mol.